The molecule has 0 bridgehead atoms. The first kappa shape index (κ1) is 16.4. The van der Waals surface area contributed by atoms with Gasteiger partial charge >= 0.3 is 0 Å². The second-order valence-corrected chi connectivity index (χ2v) is 9.06. The van der Waals surface area contributed by atoms with Gasteiger partial charge in [0.2, 0.25) is 0 Å². The van der Waals surface area contributed by atoms with Crippen molar-refractivity contribution < 1.29 is 8.42 Å². The Kier molecular flexibility index (Phi) is 4.65. The van der Waals surface area contributed by atoms with Crippen molar-refractivity contribution in [3.8, 4) is 0 Å². The lowest BCUT2D eigenvalue weighted by molar-refractivity contribution is 0.347. The molecule has 8 heteroatoms. The predicted molar refractivity (Wildman–Crippen MR) is 89.3 cm³/mol. The molecule has 0 unspecified atom stereocenters. The first-order valence-electron chi connectivity index (χ1n) is 7.61. The summed E-state index contributed by atoms with van der Waals surface area (Å²) in [5.41, 5.74) is 1.10. The fourth-order valence-corrected chi connectivity index (χ4v) is 5.75. The Hall–Kier alpha value is -1.51. The SMILES string of the molecule is Cc1cc(Cc2ccc(S(=O)(=O)N3CCCCC3)s2)c(=O)[nH]n1. The van der Waals surface area contributed by atoms with Crippen molar-refractivity contribution in [2.75, 3.05) is 13.1 Å². The van der Waals surface area contributed by atoms with Crippen molar-refractivity contribution >= 4 is 21.4 Å². The molecule has 1 saturated heterocycles. The third-order valence-corrected chi connectivity index (χ3v) is 7.37. The van der Waals surface area contributed by atoms with E-state index in [0.717, 1.165) is 29.8 Å². The summed E-state index contributed by atoms with van der Waals surface area (Å²) in [6.07, 6.45) is 3.34. The van der Waals surface area contributed by atoms with Crippen LogP contribution in [0, 0.1) is 6.92 Å². The second kappa shape index (κ2) is 6.54. The van der Waals surface area contributed by atoms with E-state index in [0.29, 0.717) is 29.3 Å². The smallest absolute Gasteiger partial charge is 0.267 e. The maximum absolute atomic E-state index is 12.6. The number of hydrogen-bond acceptors (Lipinski definition) is 5. The van der Waals surface area contributed by atoms with Crippen LogP contribution in [0.1, 0.15) is 35.4 Å². The van der Waals surface area contributed by atoms with Gasteiger partial charge < -0.3 is 0 Å². The zero-order valence-corrected chi connectivity index (χ0v) is 14.5. The molecule has 0 atom stereocenters. The first-order chi connectivity index (χ1) is 11.0. The molecule has 0 saturated carbocycles. The maximum atomic E-state index is 12.6. The third-order valence-electron chi connectivity index (χ3n) is 3.92. The highest BCUT2D eigenvalue weighted by atomic mass is 32.2. The molecular weight excluding hydrogens is 334 g/mol. The molecule has 3 heterocycles. The lowest BCUT2D eigenvalue weighted by atomic mass is 10.2. The fraction of sp³-hybridized carbons (Fsp3) is 0.467. The van der Waals surface area contributed by atoms with E-state index in [1.165, 1.54) is 11.3 Å². The molecule has 0 spiro atoms. The lowest BCUT2D eigenvalue weighted by Gasteiger charge is -2.25. The zero-order chi connectivity index (χ0) is 16.4. The maximum Gasteiger partial charge on any atom is 0.267 e. The van der Waals surface area contributed by atoms with Crippen molar-refractivity contribution in [3.05, 3.63) is 44.7 Å². The van der Waals surface area contributed by atoms with E-state index < -0.39 is 10.0 Å². The Morgan fingerprint density at radius 1 is 1.26 bits per heavy atom. The highest BCUT2D eigenvalue weighted by Crippen LogP contribution is 2.28. The largest absolute Gasteiger partial charge is 0.268 e. The molecule has 0 amide bonds. The standard InChI is InChI=1S/C15H19N3O3S2/c1-11-9-12(15(19)17-16-11)10-13-5-6-14(22-13)23(20,21)18-7-3-2-4-8-18/h5-6,9H,2-4,7-8,10H2,1H3,(H,17,19). The monoisotopic (exact) mass is 353 g/mol. The van der Waals surface area contributed by atoms with Crippen LogP contribution in [-0.2, 0) is 16.4 Å². The molecule has 0 aliphatic carbocycles. The van der Waals surface area contributed by atoms with Crippen LogP contribution in [-0.4, -0.2) is 36.0 Å². The molecule has 124 valence electrons. The van der Waals surface area contributed by atoms with Crippen LogP contribution >= 0.6 is 11.3 Å². The molecule has 0 radical (unpaired) electrons. The molecule has 3 rings (SSSR count). The van der Waals surface area contributed by atoms with E-state index in [1.807, 2.05) is 0 Å². The zero-order valence-electron chi connectivity index (χ0n) is 12.9. The normalized spacial score (nSPS) is 16.6. The number of nitrogens with one attached hydrogen (secondary N) is 1. The molecule has 6 nitrogen and oxygen atoms in total. The van der Waals surface area contributed by atoms with E-state index in [4.69, 9.17) is 0 Å². The molecular formula is C15H19N3O3S2. The van der Waals surface area contributed by atoms with Crippen LogP contribution < -0.4 is 5.56 Å². The minimum Gasteiger partial charge on any atom is -0.268 e. The van der Waals surface area contributed by atoms with Crippen molar-refractivity contribution in [2.45, 2.75) is 36.8 Å². The minimum absolute atomic E-state index is 0.232. The molecule has 1 N–H and O–H groups in total. The van der Waals surface area contributed by atoms with Crippen molar-refractivity contribution in [1.29, 1.82) is 0 Å². The van der Waals surface area contributed by atoms with E-state index in [1.54, 1.807) is 29.4 Å². The van der Waals surface area contributed by atoms with Crippen molar-refractivity contribution in [1.82, 2.24) is 14.5 Å². The molecule has 1 aliphatic heterocycles. The predicted octanol–water partition coefficient (Wildman–Crippen LogP) is 1.91. The Labute approximate surface area is 139 Å². The van der Waals surface area contributed by atoms with Crippen LogP contribution in [0.2, 0.25) is 0 Å². The highest BCUT2D eigenvalue weighted by Gasteiger charge is 2.27. The molecule has 1 aliphatic rings. The van der Waals surface area contributed by atoms with Crippen LogP contribution in [0.5, 0.6) is 0 Å². The number of nitrogens with zero attached hydrogens (tertiary/aromatic N) is 2. The highest BCUT2D eigenvalue weighted by molar-refractivity contribution is 7.91. The van der Waals surface area contributed by atoms with Crippen molar-refractivity contribution in [2.24, 2.45) is 0 Å². The summed E-state index contributed by atoms with van der Waals surface area (Å²) in [4.78, 5) is 12.6. The summed E-state index contributed by atoms with van der Waals surface area (Å²) < 4.78 is 27.2. The van der Waals surface area contributed by atoms with Gasteiger partial charge in [0.1, 0.15) is 4.21 Å². The van der Waals surface area contributed by atoms with Gasteiger partial charge in [0.25, 0.3) is 15.6 Å². The number of aryl methyl sites for hydroxylation is 1. The average molecular weight is 353 g/mol. The van der Waals surface area contributed by atoms with E-state index in [-0.39, 0.29) is 5.56 Å². The Morgan fingerprint density at radius 3 is 2.74 bits per heavy atom. The number of sulfonamides is 1. The average Bonchev–Trinajstić information content (AvgIpc) is 3.01. The van der Waals surface area contributed by atoms with Gasteiger partial charge in [0.05, 0.1) is 5.69 Å². The van der Waals surface area contributed by atoms with Crippen LogP contribution in [0.15, 0.2) is 27.2 Å². The van der Waals surface area contributed by atoms with E-state index in [9.17, 15) is 13.2 Å². The number of aromatic nitrogens is 2. The number of H-pyrrole nitrogens is 1. The van der Waals surface area contributed by atoms with E-state index in [2.05, 4.69) is 10.2 Å². The summed E-state index contributed by atoms with van der Waals surface area (Å²) in [6, 6.07) is 5.17. The third kappa shape index (κ3) is 3.54. The summed E-state index contributed by atoms with van der Waals surface area (Å²) in [7, 11) is -3.40. The first-order valence-corrected chi connectivity index (χ1v) is 9.86. The van der Waals surface area contributed by atoms with Crippen LogP contribution in [0.3, 0.4) is 0 Å². The topological polar surface area (TPSA) is 83.1 Å². The quantitative estimate of drug-likeness (QED) is 0.910. The summed E-state index contributed by atoms with van der Waals surface area (Å²) in [5, 5.41) is 6.30. The van der Waals surface area contributed by atoms with Crippen molar-refractivity contribution in [3.63, 3.8) is 0 Å². The summed E-state index contributed by atoms with van der Waals surface area (Å²) in [6.45, 7) is 3.00. The molecule has 0 aromatic carbocycles. The summed E-state index contributed by atoms with van der Waals surface area (Å²) in [5.74, 6) is 0. The molecule has 23 heavy (non-hydrogen) atoms. The van der Waals surface area contributed by atoms with Gasteiger partial charge in [-0.15, -0.1) is 11.3 Å². The van der Waals surface area contributed by atoms with Gasteiger partial charge in [-0.2, -0.15) is 9.40 Å². The van der Waals surface area contributed by atoms with Gasteiger partial charge in [0, 0.05) is 30.0 Å². The second-order valence-electron chi connectivity index (χ2n) is 5.73. The van der Waals surface area contributed by atoms with Gasteiger partial charge in [-0.25, -0.2) is 13.5 Å². The van der Waals surface area contributed by atoms with Crippen LogP contribution in [0.4, 0.5) is 0 Å². The Balaban J connectivity index is 1.82. The Morgan fingerprint density at radius 2 is 2.00 bits per heavy atom. The van der Waals surface area contributed by atoms with Gasteiger partial charge in [-0.05, 0) is 38.0 Å². The number of rotatable bonds is 4. The van der Waals surface area contributed by atoms with Gasteiger partial charge in [-0.3, -0.25) is 4.79 Å². The van der Waals surface area contributed by atoms with Gasteiger partial charge in [0.15, 0.2) is 0 Å². The van der Waals surface area contributed by atoms with Gasteiger partial charge in [-0.1, -0.05) is 6.42 Å². The number of piperidine rings is 1. The van der Waals surface area contributed by atoms with E-state index >= 15 is 0 Å². The number of aromatic amines is 1. The summed E-state index contributed by atoms with van der Waals surface area (Å²) >= 11 is 1.24. The Bertz CT molecular complexity index is 849. The molecule has 2 aromatic rings. The number of hydrogen-bond donors (Lipinski definition) is 1. The fourth-order valence-electron chi connectivity index (χ4n) is 2.70. The minimum atomic E-state index is -3.40. The van der Waals surface area contributed by atoms with Crippen LogP contribution in [0.25, 0.3) is 0 Å². The number of thiophene rings is 1. The molecule has 2 aromatic heterocycles. The molecule has 1 fully saturated rings. The lowest BCUT2D eigenvalue weighted by Crippen LogP contribution is -2.35.